The molecular weight excluding hydrogens is 1010 g/mol. The van der Waals surface area contributed by atoms with Gasteiger partial charge in [0.05, 0.1) is 25.2 Å². The van der Waals surface area contributed by atoms with E-state index in [2.05, 4.69) is 193 Å². The Morgan fingerprint density at radius 3 is 1.78 bits per heavy atom. The third kappa shape index (κ3) is 11.3. The number of aromatic nitrogens is 3. The number of pyridine rings is 3. The summed E-state index contributed by atoms with van der Waals surface area (Å²) >= 11 is 0. The van der Waals surface area contributed by atoms with Gasteiger partial charge in [0, 0.05) is 66.2 Å². The van der Waals surface area contributed by atoms with E-state index in [1.54, 1.807) is 0 Å². The summed E-state index contributed by atoms with van der Waals surface area (Å²) in [7, 11) is -1.33. The third-order valence-corrected chi connectivity index (χ3v) is 15.5. The van der Waals surface area contributed by atoms with Crippen molar-refractivity contribution in [3.05, 3.63) is 193 Å². The molecule has 4 heterocycles. The normalized spacial score (nSPS) is 12.9. The zero-order chi connectivity index (χ0) is 46.3. The molecule has 1 radical (unpaired) electrons. The van der Waals surface area contributed by atoms with E-state index in [9.17, 15) is 0 Å². The van der Waals surface area contributed by atoms with Gasteiger partial charge in [-0.2, -0.15) is 0 Å². The molecular formula is C61H65IrN3OSi. The number of fused-ring (bicyclic) bond motifs is 3. The summed E-state index contributed by atoms with van der Waals surface area (Å²) in [5.74, 6) is 1.28. The number of benzene rings is 5. The molecule has 67 heavy (non-hydrogen) atoms. The quantitative estimate of drug-likeness (QED) is 0.135. The van der Waals surface area contributed by atoms with Crippen LogP contribution in [-0.2, 0) is 31.9 Å². The number of aryl methyl sites for hydroxylation is 1. The number of hydrogen-bond donors (Lipinski definition) is 0. The summed E-state index contributed by atoms with van der Waals surface area (Å²) in [6, 6.07) is 55.0. The molecule has 0 spiro atoms. The summed E-state index contributed by atoms with van der Waals surface area (Å²) in [4.78, 5) is 13.9. The fourth-order valence-corrected chi connectivity index (χ4v) is 11.2. The summed E-state index contributed by atoms with van der Waals surface area (Å²) in [5.41, 5.74) is 15.1. The Hall–Kier alpha value is -5.78. The number of nitrogens with zero attached hydrogens (tertiary/aromatic N) is 3. The van der Waals surface area contributed by atoms with E-state index in [-0.39, 0.29) is 25.5 Å². The first kappa shape index (κ1) is 49.1. The Morgan fingerprint density at radius 1 is 0.612 bits per heavy atom. The molecule has 0 unspecified atom stereocenters. The minimum atomic E-state index is -1.33. The molecule has 1 aliphatic rings. The van der Waals surface area contributed by atoms with Gasteiger partial charge in [-0.05, 0) is 112 Å². The van der Waals surface area contributed by atoms with Crippen LogP contribution in [0.4, 0.5) is 0 Å². The maximum atomic E-state index is 6.49. The van der Waals surface area contributed by atoms with Gasteiger partial charge < -0.3 is 4.42 Å². The monoisotopic (exact) mass is 1080 g/mol. The largest absolute Gasteiger partial charge is 0.455 e. The number of furan rings is 1. The van der Waals surface area contributed by atoms with Gasteiger partial charge in [-0.15, -0.1) is 0 Å². The fourth-order valence-electron chi connectivity index (χ4n) is 9.55. The second kappa shape index (κ2) is 21.9. The Kier molecular flexibility index (Phi) is 16.1. The average Bonchev–Trinajstić information content (AvgIpc) is 4.05. The molecule has 1 aliphatic carbocycles. The van der Waals surface area contributed by atoms with Crippen LogP contribution in [0.1, 0.15) is 82.9 Å². The molecule has 0 N–H and O–H groups in total. The van der Waals surface area contributed by atoms with Crippen molar-refractivity contribution in [1.82, 2.24) is 15.0 Å². The molecule has 6 heteroatoms. The van der Waals surface area contributed by atoms with Crippen molar-refractivity contribution in [3.63, 3.8) is 0 Å². The van der Waals surface area contributed by atoms with Gasteiger partial charge in [-0.1, -0.05) is 182 Å². The maximum absolute atomic E-state index is 6.49. The van der Waals surface area contributed by atoms with E-state index < -0.39 is 8.07 Å². The summed E-state index contributed by atoms with van der Waals surface area (Å²) in [6.45, 7) is 18.7. The molecule has 343 valence electrons. The Balaban J connectivity index is 0.000000166. The van der Waals surface area contributed by atoms with Gasteiger partial charge >= 0.3 is 0 Å². The van der Waals surface area contributed by atoms with Gasteiger partial charge in [0.2, 0.25) is 0 Å². The van der Waals surface area contributed by atoms with Crippen molar-refractivity contribution in [2.24, 2.45) is 5.92 Å². The van der Waals surface area contributed by atoms with Crippen molar-refractivity contribution in [2.75, 3.05) is 0 Å². The molecule has 5 aromatic carbocycles. The van der Waals surface area contributed by atoms with Crippen LogP contribution in [0.3, 0.4) is 0 Å². The predicted octanol–water partition coefficient (Wildman–Crippen LogP) is 16.5. The molecule has 1 saturated carbocycles. The van der Waals surface area contributed by atoms with E-state index in [0.29, 0.717) is 5.92 Å². The number of hydrogen-bond acceptors (Lipinski definition) is 4. The summed E-state index contributed by atoms with van der Waals surface area (Å²) in [6.07, 6.45) is 12.4. The van der Waals surface area contributed by atoms with E-state index in [0.717, 1.165) is 56.9 Å². The van der Waals surface area contributed by atoms with Gasteiger partial charge in [0.25, 0.3) is 0 Å². The predicted molar refractivity (Wildman–Crippen MR) is 283 cm³/mol. The maximum Gasteiger partial charge on any atom is 0.145 e. The van der Waals surface area contributed by atoms with E-state index in [4.69, 9.17) is 14.4 Å². The second-order valence-electron chi connectivity index (χ2n) is 19.7. The van der Waals surface area contributed by atoms with E-state index in [1.807, 2.05) is 42.7 Å². The van der Waals surface area contributed by atoms with Gasteiger partial charge in [-0.3, -0.25) is 15.0 Å². The van der Waals surface area contributed by atoms with Crippen LogP contribution in [0.25, 0.3) is 66.8 Å². The van der Waals surface area contributed by atoms with Crippen LogP contribution in [0.5, 0.6) is 0 Å². The topological polar surface area (TPSA) is 51.8 Å². The molecule has 0 bridgehead atoms. The van der Waals surface area contributed by atoms with Gasteiger partial charge in [0.1, 0.15) is 11.2 Å². The Labute approximate surface area is 413 Å². The van der Waals surface area contributed by atoms with Crippen LogP contribution < -0.4 is 5.19 Å². The van der Waals surface area contributed by atoms with Crippen molar-refractivity contribution < 1.29 is 24.5 Å². The van der Waals surface area contributed by atoms with Crippen LogP contribution in [-0.4, -0.2) is 23.0 Å². The molecule has 0 amide bonds. The average molecular weight is 1080 g/mol. The molecule has 4 nitrogen and oxygen atoms in total. The zero-order valence-electron chi connectivity index (χ0n) is 40.5. The zero-order valence-corrected chi connectivity index (χ0v) is 43.9. The standard InChI is InChI=1S/C31H29NO.C17H23NSi.C13H13N.Ir/c1-31(2,22-12-6-7-13-22)23-18-19-32-27(20-23)25-17-16-24(21-10-4-3-5-11-21)29-26-14-8-9-15-28(26)33-30(25)29;1-13(2)15-11-16(14-9-7-6-8-10-14)18-12-17(15)19(3,4)5;1-2-11-8-9-14-13(10-11)12-6-4-3-5-7-12;/h3-5,8-11,14-20,22H,6-7,12-13H2,1-2H3;6-13H,1-5H3;3-10H,2H2,1H3;. The van der Waals surface area contributed by atoms with Crippen molar-refractivity contribution in [1.29, 1.82) is 0 Å². The Morgan fingerprint density at radius 2 is 1.16 bits per heavy atom. The van der Waals surface area contributed by atoms with E-state index in [1.165, 1.54) is 69.8 Å². The second-order valence-corrected chi connectivity index (χ2v) is 24.7. The molecule has 0 atom stereocenters. The SMILES string of the molecule is CC(C)(c1ccnc(-c2ccc(-c3ccccc3)c3c2oc2ccccc23)c1)C1CCCC1.CC(C)c1cc(-c2ccccc2)ncc1[Si](C)(C)C.CCc1ccnc(-c2ccccc2)c1.[Ir]. The molecule has 10 rings (SSSR count). The van der Waals surface area contributed by atoms with Crippen LogP contribution in [0, 0.1) is 5.92 Å². The first-order valence-corrected chi connectivity index (χ1v) is 27.4. The van der Waals surface area contributed by atoms with Crippen LogP contribution in [0.2, 0.25) is 19.6 Å². The van der Waals surface area contributed by atoms with Crippen LogP contribution >= 0.6 is 0 Å². The van der Waals surface area contributed by atoms with Crippen molar-refractivity contribution in [3.8, 4) is 44.9 Å². The van der Waals surface area contributed by atoms with Gasteiger partial charge in [-0.25, -0.2) is 0 Å². The molecule has 1 fully saturated rings. The first-order valence-electron chi connectivity index (χ1n) is 23.9. The van der Waals surface area contributed by atoms with Crippen molar-refractivity contribution in [2.45, 2.75) is 97.7 Å². The van der Waals surface area contributed by atoms with Crippen molar-refractivity contribution >= 4 is 35.2 Å². The third-order valence-electron chi connectivity index (χ3n) is 13.5. The number of para-hydroxylation sites is 1. The summed E-state index contributed by atoms with van der Waals surface area (Å²) < 4.78 is 6.49. The molecule has 9 aromatic rings. The molecule has 0 saturated heterocycles. The minimum absolute atomic E-state index is 0. The van der Waals surface area contributed by atoms with Crippen LogP contribution in [0.15, 0.2) is 181 Å². The number of rotatable bonds is 9. The van der Waals surface area contributed by atoms with Gasteiger partial charge in [0.15, 0.2) is 0 Å². The molecule has 4 aromatic heterocycles. The smallest absolute Gasteiger partial charge is 0.145 e. The minimum Gasteiger partial charge on any atom is -0.455 e. The molecule has 0 aliphatic heterocycles. The Bertz CT molecular complexity index is 3010. The fraction of sp³-hybridized carbons (Fsp3) is 0.262. The summed E-state index contributed by atoms with van der Waals surface area (Å²) in [5, 5.41) is 3.80. The first-order chi connectivity index (χ1) is 31.9. The van der Waals surface area contributed by atoms with E-state index >= 15 is 0 Å².